The summed E-state index contributed by atoms with van der Waals surface area (Å²) >= 11 is 0. The van der Waals surface area contributed by atoms with E-state index in [1.54, 1.807) is 13.8 Å². The van der Waals surface area contributed by atoms with Crippen molar-refractivity contribution >= 4 is 11.9 Å². The van der Waals surface area contributed by atoms with Crippen LogP contribution in [0.1, 0.15) is 22.8 Å². The first-order chi connectivity index (χ1) is 7.41. The Balaban J connectivity index is 2.94. The van der Waals surface area contributed by atoms with Gasteiger partial charge in [0.15, 0.2) is 0 Å². The van der Waals surface area contributed by atoms with Gasteiger partial charge in [0, 0.05) is 5.57 Å². The third-order valence-corrected chi connectivity index (χ3v) is 1.99. The van der Waals surface area contributed by atoms with Crippen LogP contribution < -0.4 is 4.74 Å². The van der Waals surface area contributed by atoms with Gasteiger partial charge in [0.2, 0.25) is 0 Å². The van der Waals surface area contributed by atoms with Crippen LogP contribution in [0.3, 0.4) is 0 Å². The summed E-state index contributed by atoms with van der Waals surface area (Å²) in [5, 5.41) is 8.80. The molecule has 1 rings (SSSR count). The molecule has 0 saturated heterocycles. The lowest BCUT2D eigenvalue weighted by molar-refractivity contribution is -0.130. The van der Waals surface area contributed by atoms with Crippen molar-refractivity contribution in [3.63, 3.8) is 0 Å². The second kappa shape index (κ2) is 4.61. The summed E-state index contributed by atoms with van der Waals surface area (Å²) in [5.41, 5.74) is 1.02. The summed E-state index contributed by atoms with van der Waals surface area (Å²) in [6, 6.07) is 4.35. The molecule has 0 bridgehead atoms. The van der Waals surface area contributed by atoms with Crippen molar-refractivity contribution in [2.24, 2.45) is 0 Å². The fourth-order valence-electron chi connectivity index (χ4n) is 1.13. The molecule has 0 heterocycles. The highest BCUT2D eigenvalue weighted by Gasteiger charge is 2.10. The third kappa shape index (κ3) is 2.70. The molecule has 1 N–H and O–H groups in total. The van der Waals surface area contributed by atoms with Crippen LogP contribution in [0.25, 0.3) is 0 Å². The number of carbonyl (C=O) groups excluding carboxylic acids is 1. The summed E-state index contributed by atoms with van der Waals surface area (Å²) in [5.74, 6) is -1.21. The molecule has 1 aromatic carbocycles. The number of hydrogen-bond acceptors (Lipinski definition) is 3. The number of carboxylic acid groups (broad SMARTS) is 1. The predicted molar refractivity (Wildman–Crippen MR) is 58.6 cm³/mol. The van der Waals surface area contributed by atoms with E-state index in [0.717, 1.165) is 0 Å². The molecule has 0 aromatic heterocycles. The van der Waals surface area contributed by atoms with E-state index in [4.69, 9.17) is 9.84 Å². The first kappa shape index (κ1) is 12.0. The quantitative estimate of drug-likeness (QED) is 0.481. The van der Waals surface area contributed by atoms with Crippen LogP contribution in [0.4, 0.5) is 0 Å². The number of carboxylic acids is 1. The summed E-state index contributed by atoms with van der Waals surface area (Å²) in [7, 11) is 0. The van der Waals surface area contributed by atoms with Gasteiger partial charge in [0.25, 0.3) is 0 Å². The average molecular weight is 220 g/mol. The molecular weight excluding hydrogens is 208 g/mol. The minimum Gasteiger partial charge on any atom is -0.478 e. The van der Waals surface area contributed by atoms with Gasteiger partial charge in [-0.25, -0.2) is 9.59 Å². The summed E-state index contributed by atoms with van der Waals surface area (Å²) in [4.78, 5) is 21.9. The summed E-state index contributed by atoms with van der Waals surface area (Å²) < 4.78 is 4.96. The van der Waals surface area contributed by atoms with E-state index in [2.05, 4.69) is 6.58 Å². The van der Waals surface area contributed by atoms with Gasteiger partial charge in [-0.15, -0.1) is 0 Å². The monoisotopic (exact) mass is 220 g/mol. The second-order valence-corrected chi connectivity index (χ2v) is 3.45. The molecule has 1 aromatic rings. The van der Waals surface area contributed by atoms with E-state index in [1.165, 1.54) is 18.2 Å². The van der Waals surface area contributed by atoms with Crippen LogP contribution in [0, 0.1) is 6.92 Å². The van der Waals surface area contributed by atoms with Gasteiger partial charge >= 0.3 is 11.9 Å². The molecule has 0 aliphatic heterocycles. The van der Waals surface area contributed by atoms with Gasteiger partial charge in [-0.3, -0.25) is 0 Å². The minimum atomic E-state index is -1.00. The van der Waals surface area contributed by atoms with E-state index < -0.39 is 11.9 Å². The van der Waals surface area contributed by atoms with E-state index >= 15 is 0 Å². The Morgan fingerprint density at radius 2 is 2.00 bits per heavy atom. The number of aryl methyl sites for hydroxylation is 1. The Morgan fingerprint density at radius 3 is 2.44 bits per heavy atom. The van der Waals surface area contributed by atoms with Gasteiger partial charge in [-0.05, 0) is 37.6 Å². The Bertz CT molecular complexity index is 460. The van der Waals surface area contributed by atoms with Gasteiger partial charge < -0.3 is 9.84 Å². The highest BCUT2D eigenvalue weighted by molar-refractivity contribution is 5.90. The molecule has 0 spiro atoms. The first-order valence-electron chi connectivity index (χ1n) is 4.63. The lowest BCUT2D eigenvalue weighted by Crippen LogP contribution is -2.09. The molecular formula is C12H12O4. The zero-order valence-electron chi connectivity index (χ0n) is 9.11. The highest BCUT2D eigenvalue weighted by Crippen LogP contribution is 2.18. The van der Waals surface area contributed by atoms with E-state index in [0.29, 0.717) is 16.9 Å². The van der Waals surface area contributed by atoms with Crippen molar-refractivity contribution < 1.29 is 19.4 Å². The number of carbonyl (C=O) groups is 2. The third-order valence-electron chi connectivity index (χ3n) is 1.99. The molecule has 0 saturated carbocycles. The lowest BCUT2D eigenvalue weighted by atomic mass is 10.1. The van der Waals surface area contributed by atoms with Crippen molar-refractivity contribution in [2.75, 3.05) is 0 Å². The Kier molecular flexibility index (Phi) is 3.45. The van der Waals surface area contributed by atoms with E-state index in [9.17, 15) is 9.59 Å². The fraction of sp³-hybridized carbons (Fsp3) is 0.167. The molecule has 16 heavy (non-hydrogen) atoms. The van der Waals surface area contributed by atoms with Crippen LogP contribution >= 0.6 is 0 Å². The molecule has 0 aliphatic carbocycles. The van der Waals surface area contributed by atoms with Gasteiger partial charge in [-0.2, -0.15) is 0 Å². The topological polar surface area (TPSA) is 63.6 Å². The van der Waals surface area contributed by atoms with Crippen molar-refractivity contribution in [1.29, 1.82) is 0 Å². The Hall–Kier alpha value is -2.10. The van der Waals surface area contributed by atoms with Crippen LogP contribution in [0.2, 0.25) is 0 Å². The predicted octanol–water partition coefficient (Wildman–Crippen LogP) is 2.17. The van der Waals surface area contributed by atoms with E-state index in [-0.39, 0.29) is 5.56 Å². The number of benzene rings is 1. The van der Waals surface area contributed by atoms with Crippen molar-refractivity contribution in [2.45, 2.75) is 13.8 Å². The Labute approximate surface area is 93.2 Å². The molecule has 0 aliphatic rings. The van der Waals surface area contributed by atoms with Gasteiger partial charge in [0.1, 0.15) is 5.75 Å². The maximum atomic E-state index is 11.2. The molecule has 0 radical (unpaired) electrons. The largest absolute Gasteiger partial charge is 0.478 e. The standard InChI is InChI=1S/C12H12O4/c1-7(2)12(15)16-9-4-5-10(11(13)14)8(3)6-9/h4-6H,1H2,2-3H3,(H,13,14). The van der Waals surface area contributed by atoms with Crippen LogP contribution in [-0.2, 0) is 4.79 Å². The fourth-order valence-corrected chi connectivity index (χ4v) is 1.13. The van der Waals surface area contributed by atoms with Crippen molar-refractivity contribution in [3.05, 3.63) is 41.5 Å². The second-order valence-electron chi connectivity index (χ2n) is 3.45. The molecule has 0 fully saturated rings. The van der Waals surface area contributed by atoms with Gasteiger partial charge in [0.05, 0.1) is 5.56 Å². The zero-order chi connectivity index (χ0) is 12.3. The summed E-state index contributed by atoms with van der Waals surface area (Å²) in [6.45, 7) is 6.63. The normalized spacial score (nSPS) is 9.62. The molecule has 4 heteroatoms. The smallest absolute Gasteiger partial charge is 0.338 e. The summed E-state index contributed by atoms with van der Waals surface area (Å²) in [6.07, 6.45) is 0. The van der Waals surface area contributed by atoms with Crippen molar-refractivity contribution in [1.82, 2.24) is 0 Å². The highest BCUT2D eigenvalue weighted by atomic mass is 16.5. The first-order valence-corrected chi connectivity index (χ1v) is 4.63. The SMILES string of the molecule is C=C(C)C(=O)Oc1ccc(C(=O)O)c(C)c1. The molecule has 84 valence electrons. The van der Waals surface area contributed by atoms with Crippen molar-refractivity contribution in [3.8, 4) is 5.75 Å². The van der Waals surface area contributed by atoms with E-state index in [1.807, 2.05) is 0 Å². The maximum Gasteiger partial charge on any atom is 0.338 e. The number of ether oxygens (including phenoxy) is 1. The lowest BCUT2D eigenvalue weighted by Gasteiger charge is -2.06. The number of rotatable bonds is 3. The molecule has 0 amide bonds. The Morgan fingerprint density at radius 1 is 1.38 bits per heavy atom. The molecule has 0 atom stereocenters. The maximum absolute atomic E-state index is 11.2. The van der Waals surface area contributed by atoms with Gasteiger partial charge in [-0.1, -0.05) is 6.58 Å². The van der Waals surface area contributed by atoms with Crippen LogP contribution in [0.15, 0.2) is 30.4 Å². The average Bonchev–Trinajstić information content (AvgIpc) is 2.16. The molecule has 4 nitrogen and oxygen atoms in total. The number of esters is 1. The number of hydrogen-bond donors (Lipinski definition) is 1. The zero-order valence-corrected chi connectivity index (χ0v) is 9.11. The molecule has 0 unspecified atom stereocenters. The number of aromatic carboxylic acids is 1. The van der Waals surface area contributed by atoms with Crippen LogP contribution in [-0.4, -0.2) is 17.0 Å². The van der Waals surface area contributed by atoms with Crippen LogP contribution in [0.5, 0.6) is 5.75 Å². The minimum absolute atomic E-state index is 0.190.